The normalized spacial score (nSPS) is 16.5. The molecule has 2 heteroatoms. The number of hydrogen-bond donors (Lipinski definition) is 0. The lowest BCUT2D eigenvalue weighted by Crippen LogP contribution is -2.16. The van der Waals surface area contributed by atoms with E-state index in [1.807, 2.05) is 6.34 Å². The van der Waals surface area contributed by atoms with E-state index in [4.69, 9.17) is 0 Å². The molecular formula is C13H18N2. The Balaban J connectivity index is 2.15. The van der Waals surface area contributed by atoms with Crippen molar-refractivity contribution in [2.75, 3.05) is 13.1 Å². The maximum Gasteiger partial charge on any atom is 0.0912 e. The first-order valence-electron chi connectivity index (χ1n) is 5.62. The Morgan fingerprint density at radius 3 is 2.33 bits per heavy atom. The summed E-state index contributed by atoms with van der Waals surface area (Å²) >= 11 is 0. The van der Waals surface area contributed by atoms with Crippen LogP contribution in [0.1, 0.15) is 24.0 Å². The summed E-state index contributed by atoms with van der Waals surface area (Å²) in [5, 5.41) is 0. The van der Waals surface area contributed by atoms with Crippen molar-refractivity contribution in [2.24, 2.45) is 4.99 Å². The van der Waals surface area contributed by atoms with Gasteiger partial charge in [-0.25, -0.2) is 4.99 Å². The molecule has 0 unspecified atom stereocenters. The summed E-state index contributed by atoms with van der Waals surface area (Å²) in [5.74, 6) is 0. The molecule has 1 aromatic carbocycles. The fourth-order valence-electron chi connectivity index (χ4n) is 2.01. The van der Waals surface area contributed by atoms with Crippen LogP contribution in [0.2, 0.25) is 0 Å². The molecule has 0 aromatic heterocycles. The molecule has 0 N–H and O–H groups in total. The summed E-state index contributed by atoms with van der Waals surface area (Å²) in [5.41, 5.74) is 3.64. The van der Waals surface area contributed by atoms with Gasteiger partial charge in [0.15, 0.2) is 0 Å². The first-order chi connectivity index (χ1) is 7.27. The van der Waals surface area contributed by atoms with E-state index in [-0.39, 0.29) is 0 Å². The van der Waals surface area contributed by atoms with Crippen LogP contribution in [0, 0.1) is 13.8 Å². The average molecular weight is 202 g/mol. The van der Waals surface area contributed by atoms with Gasteiger partial charge in [0.25, 0.3) is 0 Å². The minimum absolute atomic E-state index is 1.13. The molecule has 15 heavy (non-hydrogen) atoms. The van der Waals surface area contributed by atoms with Crippen molar-refractivity contribution >= 4 is 12.0 Å². The third-order valence-electron chi connectivity index (χ3n) is 2.93. The zero-order valence-corrected chi connectivity index (χ0v) is 9.53. The molecule has 0 spiro atoms. The molecule has 0 saturated carbocycles. The summed E-state index contributed by atoms with van der Waals surface area (Å²) in [7, 11) is 0. The van der Waals surface area contributed by atoms with Crippen LogP contribution in [0.5, 0.6) is 0 Å². The third kappa shape index (κ3) is 2.38. The first-order valence-corrected chi connectivity index (χ1v) is 5.62. The highest BCUT2D eigenvalue weighted by atomic mass is 15.2. The first kappa shape index (κ1) is 10.2. The predicted molar refractivity (Wildman–Crippen MR) is 64.9 cm³/mol. The zero-order valence-electron chi connectivity index (χ0n) is 9.53. The molecule has 0 amide bonds. The molecule has 1 fully saturated rings. The Morgan fingerprint density at radius 1 is 1.13 bits per heavy atom. The van der Waals surface area contributed by atoms with Gasteiger partial charge in [-0.15, -0.1) is 0 Å². The van der Waals surface area contributed by atoms with Crippen LogP contribution >= 0.6 is 0 Å². The summed E-state index contributed by atoms with van der Waals surface area (Å²) in [6.45, 7) is 6.55. The maximum atomic E-state index is 4.59. The van der Waals surface area contributed by atoms with E-state index >= 15 is 0 Å². The van der Waals surface area contributed by atoms with Gasteiger partial charge < -0.3 is 4.90 Å². The summed E-state index contributed by atoms with van der Waals surface area (Å²) in [6.07, 6.45) is 4.61. The number of para-hydroxylation sites is 1. The highest BCUT2D eigenvalue weighted by molar-refractivity contribution is 5.65. The molecule has 1 aromatic rings. The fourth-order valence-corrected chi connectivity index (χ4v) is 2.01. The van der Waals surface area contributed by atoms with Gasteiger partial charge in [-0.1, -0.05) is 18.2 Å². The second-order valence-electron chi connectivity index (χ2n) is 4.23. The second-order valence-corrected chi connectivity index (χ2v) is 4.23. The van der Waals surface area contributed by atoms with E-state index in [1.165, 1.54) is 24.0 Å². The lowest BCUT2D eigenvalue weighted by atomic mass is 10.1. The monoisotopic (exact) mass is 202 g/mol. The topological polar surface area (TPSA) is 15.6 Å². The van der Waals surface area contributed by atoms with Gasteiger partial charge in [0.2, 0.25) is 0 Å². The number of aryl methyl sites for hydroxylation is 2. The largest absolute Gasteiger partial charge is 0.363 e. The predicted octanol–water partition coefficient (Wildman–Crippen LogP) is 3.06. The van der Waals surface area contributed by atoms with Gasteiger partial charge >= 0.3 is 0 Å². The molecule has 1 aliphatic heterocycles. The fraction of sp³-hybridized carbons (Fsp3) is 0.462. The molecule has 0 radical (unpaired) electrons. The number of benzene rings is 1. The van der Waals surface area contributed by atoms with E-state index < -0.39 is 0 Å². The Hall–Kier alpha value is -1.31. The maximum absolute atomic E-state index is 4.59. The van der Waals surface area contributed by atoms with Crippen molar-refractivity contribution < 1.29 is 0 Å². The van der Waals surface area contributed by atoms with Crippen molar-refractivity contribution in [2.45, 2.75) is 26.7 Å². The van der Waals surface area contributed by atoms with Crippen molar-refractivity contribution in [3.63, 3.8) is 0 Å². The van der Waals surface area contributed by atoms with Crippen LogP contribution in [-0.2, 0) is 0 Å². The smallest absolute Gasteiger partial charge is 0.0912 e. The van der Waals surface area contributed by atoms with E-state index in [0.29, 0.717) is 0 Å². The molecule has 0 bridgehead atoms. The van der Waals surface area contributed by atoms with Crippen LogP contribution in [-0.4, -0.2) is 24.3 Å². The molecular weight excluding hydrogens is 184 g/mol. The van der Waals surface area contributed by atoms with Gasteiger partial charge in [-0.2, -0.15) is 0 Å². The highest BCUT2D eigenvalue weighted by Crippen LogP contribution is 2.22. The number of aliphatic imine (C=N–C) groups is 1. The molecule has 1 aliphatic rings. The lowest BCUT2D eigenvalue weighted by Gasteiger charge is -2.10. The van der Waals surface area contributed by atoms with Crippen molar-refractivity contribution in [3.8, 4) is 0 Å². The van der Waals surface area contributed by atoms with Gasteiger partial charge in [-0.05, 0) is 37.8 Å². The molecule has 1 heterocycles. The minimum atomic E-state index is 1.13. The van der Waals surface area contributed by atoms with E-state index in [9.17, 15) is 0 Å². The van der Waals surface area contributed by atoms with Crippen LogP contribution in [0.3, 0.4) is 0 Å². The quantitative estimate of drug-likeness (QED) is 0.531. The number of likely N-dealkylation sites (tertiary alicyclic amines) is 1. The Labute approximate surface area is 91.6 Å². The Bertz CT molecular complexity index is 343. The average Bonchev–Trinajstić information content (AvgIpc) is 2.70. The van der Waals surface area contributed by atoms with Crippen LogP contribution < -0.4 is 0 Å². The van der Waals surface area contributed by atoms with E-state index in [1.54, 1.807) is 0 Å². The molecule has 0 aliphatic carbocycles. The molecule has 2 rings (SSSR count). The van der Waals surface area contributed by atoms with E-state index in [2.05, 4.69) is 41.9 Å². The number of hydrogen-bond acceptors (Lipinski definition) is 1. The highest BCUT2D eigenvalue weighted by Gasteiger charge is 2.07. The summed E-state index contributed by atoms with van der Waals surface area (Å²) in [6, 6.07) is 6.31. The van der Waals surface area contributed by atoms with Gasteiger partial charge in [0.1, 0.15) is 0 Å². The minimum Gasteiger partial charge on any atom is -0.363 e. The molecule has 0 atom stereocenters. The SMILES string of the molecule is Cc1cccc(C)c1N=CN1CCCC1. The Kier molecular flexibility index (Phi) is 3.05. The standard InChI is InChI=1S/C13H18N2/c1-11-6-5-7-12(2)13(11)14-10-15-8-3-4-9-15/h5-7,10H,3-4,8-9H2,1-2H3. The van der Waals surface area contributed by atoms with Crippen molar-refractivity contribution in [1.29, 1.82) is 0 Å². The summed E-state index contributed by atoms with van der Waals surface area (Å²) in [4.78, 5) is 6.89. The van der Waals surface area contributed by atoms with Gasteiger partial charge in [0.05, 0.1) is 12.0 Å². The number of rotatable bonds is 2. The van der Waals surface area contributed by atoms with Crippen LogP contribution in [0.25, 0.3) is 0 Å². The van der Waals surface area contributed by atoms with Crippen LogP contribution in [0.4, 0.5) is 5.69 Å². The number of nitrogens with zero attached hydrogens (tertiary/aromatic N) is 2. The third-order valence-corrected chi connectivity index (χ3v) is 2.93. The molecule has 80 valence electrons. The van der Waals surface area contributed by atoms with Crippen molar-refractivity contribution in [3.05, 3.63) is 29.3 Å². The Morgan fingerprint density at radius 2 is 1.73 bits per heavy atom. The van der Waals surface area contributed by atoms with Crippen LogP contribution in [0.15, 0.2) is 23.2 Å². The second kappa shape index (κ2) is 4.47. The lowest BCUT2D eigenvalue weighted by molar-refractivity contribution is 0.536. The zero-order chi connectivity index (χ0) is 10.7. The van der Waals surface area contributed by atoms with Gasteiger partial charge in [-0.3, -0.25) is 0 Å². The van der Waals surface area contributed by atoms with Gasteiger partial charge in [0, 0.05) is 13.1 Å². The summed E-state index contributed by atoms with van der Waals surface area (Å²) < 4.78 is 0. The molecule has 2 nitrogen and oxygen atoms in total. The van der Waals surface area contributed by atoms with E-state index in [0.717, 1.165) is 18.8 Å². The molecule has 1 saturated heterocycles. The van der Waals surface area contributed by atoms with Crippen molar-refractivity contribution in [1.82, 2.24) is 4.90 Å².